The predicted octanol–water partition coefficient (Wildman–Crippen LogP) is 1.81. The van der Waals surface area contributed by atoms with Crippen LogP contribution >= 0.6 is 0 Å². The van der Waals surface area contributed by atoms with Crippen molar-refractivity contribution in [2.45, 2.75) is 58.1 Å². The van der Waals surface area contributed by atoms with E-state index in [1.165, 1.54) is 6.42 Å². The lowest BCUT2D eigenvalue weighted by molar-refractivity contribution is -0.168. The molecule has 2 saturated heterocycles. The molecule has 0 saturated carbocycles. The third-order valence-corrected chi connectivity index (χ3v) is 4.71. The summed E-state index contributed by atoms with van der Waals surface area (Å²) < 4.78 is 5.18. The molecular weight excluding hydrogens is 242 g/mol. The number of fused-ring (bicyclic) bond motifs is 1. The second-order valence-corrected chi connectivity index (χ2v) is 6.36. The van der Waals surface area contributed by atoms with Gasteiger partial charge in [0, 0.05) is 12.6 Å². The van der Waals surface area contributed by atoms with Gasteiger partial charge in [0.15, 0.2) is 0 Å². The Labute approximate surface area is 116 Å². The monoisotopic (exact) mass is 269 g/mol. The van der Waals surface area contributed by atoms with E-state index in [9.17, 15) is 9.90 Å². The van der Waals surface area contributed by atoms with Crippen molar-refractivity contribution in [3.05, 3.63) is 0 Å². The highest BCUT2D eigenvalue weighted by Gasteiger charge is 2.49. The Morgan fingerprint density at radius 2 is 2.21 bits per heavy atom. The number of ether oxygens (including phenoxy) is 1. The molecule has 0 aromatic rings. The Morgan fingerprint density at radius 3 is 2.84 bits per heavy atom. The van der Waals surface area contributed by atoms with Gasteiger partial charge in [-0.25, -0.2) is 0 Å². The summed E-state index contributed by atoms with van der Waals surface area (Å²) in [5.74, 6) is -0.515. The van der Waals surface area contributed by atoms with Gasteiger partial charge in [-0.3, -0.25) is 4.79 Å². The molecule has 0 spiro atoms. The number of piperidine rings is 1. The van der Waals surface area contributed by atoms with Gasteiger partial charge in [0.2, 0.25) is 0 Å². The number of aliphatic hydroxyl groups is 1. The predicted molar refractivity (Wildman–Crippen MR) is 73.7 cm³/mol. The SMILES string of the molecule is CCOC(=O)C(C(C)C)C1(O)CCN2CCCC2C1. The molecule has 0 amide bonds. The fourth-order valence-electron chi connectivity index (χ4n) is 3.89. The lowest BCUT2D eigenvalue weighted by Gasteiger charge is -2.45. The van der Waals surface area contributed by atoms with Gasteiger partial charge in [0.25, 0.3) is 0 Å². The molecule has 0 aromatic heterocycles. The van der Waals surface area contributed by atoms with Crippen LogP contribution in [-0.4, -0.2) is 47.3 Å². The molecule has 2 fully saturated rings. The zero-order valence-electron chi connectivity index (χ0n) is 12.4. The first-order valence-electron chi connectivity index (χ1n) is 7.61. The van der Waals surface area contributed by atoms with Crippen molar-refractivity contribution in [2.24, 2.45) is 11.8 Å². The van der Waals surface area contributed by atoms with Crippen molar-refractivity contribution < 1.29 is 14.6 Å². The van der Waals surface area contributed by atoms with Crippen LogP contribution in [0.25, 0.3) is 0 Å². The van der Waals surface area contributed by atoms with Gasteiger partial charge < -0.3 is 14.7 Å². The van der Waals surface area contributed by atoms with Crippen molar-refractivity contribution in [3.63, 3.8) is 0 Å². The van der Waals surface area contributed by atoms with Gasteiger partial charge in [-0.2, -0.15) is 0 Å². The van der Waals surface area contributed by atoms with Crippen molar-refractivity contribution in [3.8, 4) is 0 Å². The number of hydrogen-bond acceptors (Lipinski definition) is 4. The summed E-state index contributed by atoms with van der Waals surface area (Å²) in [6.07, 6.45) is 3.77. The van der Waals surface area contributed by atoms with E-state index in [-0.39, 0.29) is 11.9 Å². The Hall–Kier alpha value is -0.610. The van der Waals surface area contributed by atoms with Crippen LogP contribution in [0.3, 0.4) is 0 Å². The summed E-state index contributed by atoms with van der Waals surface area (Å²) in [4.78, 5) is 14.6. The molecule has 1 N–H and O–H groups in total. The van der Waals surface area contributed by atoms with Crippen molar-refractivity contribution in [2.75, 3.05) is 19.7 Å². The van der Waals surface area contributed by atoms with Crippen LogP contribution in [-0.2, 0) is 9.53 Å². The van der Waals surface area contributed by atoms with Crippen molar-refractivity contribution >= 4 is 5.97 Å². The van der Waals surface area contributed by atoms with Crippen LogP contribution in [0.15, 0.2) is 0 Å². The van der Waals surface area contributed by atoms with Crippen LogP contribution in [0.4, 0.5) is 0 Å². The summed E-state index contributed by atoms with van der Waals surface area (Å²) in [5, 5.41) is 11.0. The van der Waals surface area contributed by atoms with Crippen LogP contribution in [0.5, 0.6) is 0 Å². The molecule has 110 valence electrons. The summed E-state index contributed by atoms with van der Waals surface area (Å²) in [6, 6.07) is 0.453. The van der Waals surface area contributed by atoms with Gasteiger partial charge in [-0.05, 0) is 45.1 Å². The molecule has 19 heavy (non-hydrogen) atoms. The van der Waals surface area contributed by atoms with E-state index in [1.807, 2.05) is 20.8 Å². The first-order valence-corrected chi connectivity index (χ1v) is 7.61. The van der Waals surface area contributed by atoms with E-state index in [2.05, 4.69) is 4.90 Å². The molecule has 4 heteroatoms. The molecule has 3 atom stereocenters. The standard InChI is InChI=1S/C15H27NO3/c1-4-19-14(17)13(11(2)3)15(18)7-9-16-8-5-6-12(16)10-15/h11-13,18H,4-10H2,1-3H3. The minimum absolute atomic E-state index is 0.108. The Kier molecular flexibility index (Phi) is 4.51. The van der Waals surface area contributed by atoms with E-state index in [4.69, 9.17) is 4.74 Å². The van der Waals surface area contributed by atoms with E-state index in [0.29, 0.717) is 25.5 Å². The van der Waals surface area contributed by atoms with Crippen LogP contribution in [0.2, 0.25) is 0 Å². The van der Waals surface area contributed by atoms with Crippen molar-refractivity contribution in [1.82, 2.24) is 4.90 Å². The fraction of sp³-hybridized carbons (Fsp3) is 0.933. The minimum Gasteiger partial charge on any atom is -0.466 e. The van der Waals surface area contributed by atoms with E-state index in [1.54, 1.807) is 0 Å². The third-order valence-electron chi connectivity index (χ3n) is 4.71. The van der Waals surface area contributed by atoms with E-state index in [0.717, 1.165) is 19.5 Å². The second kappa shape index (κ2) is 5.80. The summed E-state index contributed by atoms with van der Waals surface area (Å²) in [6.45, 7) is 8.25. The molecule has 2 aliphatic heterocycles. The summed E-state index contributed by atoms with van der Waals surface area (Å²) in [7, 11) is 0. The number of hydrogen-bond donors (Lipinski definition) is 1. The zero-order chi connectivity index (χ0) is 14.0. The van der Waals surface area contributed by atoms with E-state index < -0.39 is 11.5 Å². The quantitative estimate of drug-likeness (QED) is 0.791. The molecule has 0 radical (unpaired) electrons. The highest BCUT2D eigenvalue weighted by molar-refractivity contribution is 5.74. The van der Waals surface area contributed by atoms with Gasteiger partial charge >= 0.3 is 5.97 Å². The second-order valence-electron chi connectivity index (χ2n) is 6.36. The maximum Gasteiger partial charge on any atom is 0.312 e. The molecule has 2 aliphatic rings. The Bertz CT molecular complexity index is 331. The van der Waals surface area contributed by atoms with Crippen LogP contribution in [0.1, 0.15) is 46.5 Å². The molecule has 3 unspecified atom stereocenters. The maximum absolute atomic E-state index is 12.2. The summed E-state index contributed by atoms with van der Waals surface area (Å²) >= 11 is 0. The van der Waals surface area contributed by atoms with Gasteiger partial charge in [-0.15, -0.1) is 0 Å². The number of rotatable bonds is 4. The normalized spacial score (nSPS) is 33.2. The van der Waals surface area contributed by atoms with Gasteiger partial charge in [0.05, 0.1) is 18.1 Å². The molecule has 0 aliphatic carbocycles. The molecular formula is C15H27NO3. The lowest BCUT2D eigenvalue weighted by Crippen LogP contribution is -2.55. The smallest absolute Gasteiger partial charge is 0.312 e. The first kappa shape index (κ1) is 14.8. The lowest BCUT2D eigenvalue weighted by atomic mass is 9.72. The Morgan fingerprint density at radius 1 is 1.47 bits per heavy atom. The molecule has 2 heterocycles. The fourth-order valence-corrected chi connectivity index (χ4v) is 3.89. The molecule has 4 nitrogen and oxygen atoms in total. The number of carbonyl (C=O) groups excluding carboxylic acids is 1. The molecule has 0 aromatic carbocycles. The minimum atomic E-state index is -0.883. The van der Waals surface area contributed by atoms with Crippen LogP contribution in [0, 0.1) is 11.8 Å². The average molecular weight is 269 g/mol. The van der Waals surface area contributed by atoms with Gasteiger partial charge in [0.1, 0.15) is 0 Å². The Balaban J connectivity index is 2.13. The molecule has 2 rings (SSSR count). The van der Waals surface area contributed by atoms with Crippen molar-refractivity contribution in [1.29, 1.82) is 0 Å². The van der Waals surface area contributed by atoms with Gasteiger partial charge in [-0.1, -0.05) is 13.8 Å². The highest BCUT2D eigenvalue weighted by atomic mass is 16.5. The number of nitrogens with zero attached hydrogens (tertiary/aromatic N) is 1. The molecule has 0 bridgehead atoms. The van der Waals surface area contributed by atoms with Crippen LogP contribution < -0.4 is 0 Å². The largest absolute Gasteiger partial charge is 0.466 e. The number of carbonyl (C=O) groups is 1. The van der Waals surface area contributed by atoms with E-state index >= 15 is 0 Å². The zero-order valence-corrected chi connectivity index (χ0v) is 12.4. The highest BCUT2D eigenvalue weighted by Crippen LogP contribution is 2.40. The summed E-state index contributed by atoms with van der Waals surface area (Å²) in [5.41, 5.74) is -0.883. The number of esters is 1. The first-order chi connectivity index (χ1) is 8.98. The maximum atomic E-state index is 12.2. The third kappa shape index (κ3) is 2.95. The topological polar surface area (TPSA) is 49.8 Å². The average Bonchev–Trinajstić information content (AvgIpc) is 2.75.